The number of para-hydroxylation sites is 1. The van der Waals surface area contributed by atoms with Gasteiger partial charge in [0.25, 0.3) is 0 Å². The van der Waals surface area contributed by atoms with Gasteiger partial charge in [-0.1, -0.05) is 18.2 Å². The molecule has 0 saturated carbocycles. The summed E-state index contributed by atoms with van der Waals surface area (Å²) >= 11 is 0. The molecule has 4 nitrogen and oxygen atoms in total. The van der Waals surface area contributed by atoms with Gasteiger partial charge in [0.2, 0.25) is 0 Å². The van der Waals surface area contributed by atoms with Gasteiger partial charge in [-0.25, -0.2) is 0 Å². The lowest BCUT2D eigenvalue weighted by atomic mass is 9.97. The Morgan fingerprint density at radius 3 is 2.80 bits per heavy atom. The first kappa shape index (κ1) is 17.1. The molecule has 0 bridgehead atoms. The third kappa shape index (κ3) is 3.53. The fourth-order valence-corrected chi connectivity index (χ4v) is 2.96. The topological polar surface area (TPSA) is 44.8 Å². The van der Waals surface area contributed by atoms with Crippen LogP contribution in [0.2, 0.25) is 0 Å². The maximum absolute atomic E-state index is 12.9. The van der Waals surface area contributed by atoms with Crippen LogP contribution in [0.15, 0.2) is 42.0 Å². The van der Waals surface area contributed by atoms with Gasteiger partial charge in [0.05, 0.1) is 25.9 Å². The fourth-order valence-electron chi connectivity index (χ4n) is 2.96. The lowest BCUT2D eigenvalue weighted by Crippen LogP contribution is -2.02. The Kier molecular flexibility index (Phi) is 5.08. The van der Waals surface area contributed by atoms with Crippen LogP contribution in [0.1, 0.15) is 34.8 Å². The molecule has 2 aromatic carbocycles. The van der Waals surface area contributed by atoms with Crippen molar-refractivity contribution in [2.75, 3.05) is 20.3 Å². The number of methoxy groups -OCH3 is 1. The number of carbonyl (C=O) groups excluding carboxylic acids is 1. The molecule has 0 atom stereocenters. The minimum Gasteiger partial charge on any atom is -0.493 e. The lowest BCUT2D eigenvalue weighted by molar-refractivity contribution is 0.103. The highest BCUT2D eigenvalue weighted by Gasteiger charge is 2.22. The van der Waals surface area contributed by atoms with Crippen molar-refractivity contribution in [1.29, 1.82) is 0 Å². The third-order valence-electron chi connectivity index (χ3n) is 4.19. The van der Waals surface area contributed by atoms with Crippen molar-refractivity contribution in [3.05, 3.63) is 58.7 Å². The van der Waals surface area contributed by atoms with Crippen molar-refractivity contribution in [2.24, 2.45) is 0 Å². The highest BCUT2D eigenvalue weighted by molar-refractivity contribution is 6.13. The van der Waals surface area contributed by atoms with Gasteiger partial charge >= 0.3 is 0 Å². The van der Waals surface area contributed by atoms with Crippen LogP contribution in [0, 0.1) is 6.92 Å². The van der Waals surface area contributed by atoms with Crippen LogP contribution in [0.25, 0.3) is 6.08 Å². The number of ether oxygens (including phenoxy) is 3. The van der Waals surface area contributed by atoms with Crippen molar-refractivity contribution >= 4 is 11.9 Å². The molecule has 25 heavy (non-hydrogen) atoms. The second kappa shape index (κ2) is 7.43. The van der Waals surface area contributed by atoms with Crippen LogP contribution in [0.4, 0.5) is 0 Å². The van der Waals surface area contributed by atoms with Gasteiger partial charge in [-0.05, 0) is 49.2 Å². The largest absolute Gasteiger partial charge is 0.493 e. The summed E-state index contributed by atoms with van der Waals surface area (Å²) in [6.45, 7) is 4.92. The molecular weight excluding hydrogens is 316 g/mol. The maximum Gasteiger partial charge on any atom is 0.192 e. The molecule has 0 saturated heterocycles. The normalized spacial score (nSPS) is 15.3. The number of carbonyl (C=O) groups is 1. The molecule has 0 spiro atoms. The summed E-state index contributed by atoms with van der Waals surface area (Å²) in [5.74, 6) is 2.07. The molecule has 130 valence electrons. The second-order valence-electron chi connectivity index (χ2n) is 5.89. The summed E-state index contributed by atoms with van der Waals surface area (Å²) in [7, 11) is 1.61. The van der Waals surface area contributed by atoms with Crippen LogP contribution in [0.5, 0.6) is 17.2 Å². The van der Waals surface area contributed by atoms with Gasteiger partial charge in [0, 0.05) is 12.0 Å². The highest BCUT2D eigenvalue weighted by atomic mass is 16.5. The zero-order valence-electron chi connectivity index (χ0n) is 14.8. The monoisotopic (exact) mass is 338 g/mol. The molecular formula is C21H22O4. The number of benzene rings is 2. The summed E-state index contributed by atoms with van der Waals surface area (Å²) in [6.07, 6.45) is 2.48. The van der Waals surface area contributed by atoms with Crippen molar-refractivity contribution in [1.82, 2.24) is 0 Å². The van der Waals surface area contributed by atoms with E-state index in [9.17, 15) is 4.79 Å². The molecule has 0 aliphatic carbocycles. The van der Waals surface area contributed by atoms with Gasteiger partial charge in [-0.2, -0.15) is 0 Å². The third-order valence-corrected chi connectivity index (χ3v) is 4.19. The predicted octanol–water partition coefficient (Wildman–Crippen LogP) is 4.45. The number of ketones is 1. The molecule has 1 aliphatic rings. The molecule has 0 aromatic heterocycles. The summed E-state index contributed by atoms with van der Waals surface area (Å²) in [5, 5.41) is 0. The van der Waals surface area contributed by atoms with Gasteiger partial charge in [0.1, 0.15) is 5.75 Å². The Bertz CT molecular complexity index is 821. The number of hydrogen-bond donors (Lipinski definition) is 0. The molecule has 4 heteroatoms. The Labute approximate surface area is 148 Å². The van der Waals surface area contributed by atoms with E-state index in [0.717, 1.165) is 16.7 Å². The zero-order chi connectivity index (χ0) is 17.8. The SMILES string of the molecule is CCOc1cc(/C=C2\CCOc3c(C)cccc3C2=O)ccc1OC. The summed E-state index contributed by atoms with van der Waals surface area (Å²) in [4.78, 5) is 12.9. The summed E-state index contributed by atoms with van der Waals surface area (Å²) < 4.78 is 16.7. The van der Waals surface area contributed by atoms with Crippen molar-refractivity contribution in [3.63, 3.8) is 0 Å². The van der Waals surface area contributed by atoms with Crippen LogP contribution in [-0.2, 0) is 0 Å². The Hall–Kier alpha value is -2.75. The first-order chi connectivity index (χ1) is 12.1. The van der Waals surface area contributed by atoms with Crippen LogP contribution in [0.3, 0.4) is 0 Å². The summed E-state index contributed by atoms with van der Waals surface area (Å²) in [5.41, 5.74) is 3.25. The number of rotatable bonds is 4. The molecule has 0 fully saturated rings. The van der Waals surface area contributed by atoms with E-state index in [2.05, 4.69) is 0 Å². The number of hydrogen-bond acceptors (Lipinski definition) is 4. The van der Waals surface area contributed by atoms with Crippen LogP contribution >= 0.6 is 0 Å². The standard InChI is InChI=1S/C21H22O4/c1-4-24-19-13-15(8-9-18(19)23-3)12-16-10-11-25-21-14(2)6-5-7-17(21)20(16)22/h5-9,12-13H,4,10-11H2,1-3H3/b16-12+. The van der Waals surface area contributed by atoms with Gasteiger partial charge in [0.15, 0.2) is 17.3 Å². The fraction of sp³-hybridized carbons (Fsp3) is 0.286. The molecule has 0 radical (unpaired) electrons. The molecule has 0 unspecified atom stereocenters. The maximum atomic E-state index is 12.9. The zero-order valence-corrected chi connectivity index (χ0v) is 14.8. The number of fused-ring (bicyclic) bond motifs is 1. The van der Waals surface area contributed by atoms with Crippen molar-refractivity contribution in [2.45, 2.75) is 20.3 Å². The smallest absolute Gasteiger partial charge is 0.192 e. The number of Topliss-reactive ketones (excluding diaryl/α,β-unsaturated/α-hetero) is 1. The summed E-state index contributed by atoms with van der Waals surface area (Å²) in [6, 6.07) is 11.3. The Morgan fingerprint density at radius 1 is 1.20 bits per heavy atom. The second-order valence-corrected chi connectivity index (χ2v) is 5.89. The first-order valence-electron chi connectivity index (χ1n) is 8.42. The van der Waals surface area contributed by atoms with E-state index in [1.165, 1.54) is 0 Å². The minimum atomic E-state index is 0.0185. The lowest BCUT2D eigenvalue weighted by Gasteiger charge is -2.10. The van der Waals surface area contributed by atoms with E-state index < -0.39 is 0 Å². The van der Waals surface area contributed by atoms with E-state index in [1.807, 2.05) is 56.3 Å². The quantitative estimate of drug-likeness (QED) is 0.773. The van der Waals surface area contributed by atoms with Gasteiger partial charge < -0.3 is 14.2 Å². The molecule has 2 aromatic rings. The van der Waals surface area contributed by atoms with Gasteiger partial charge in [-0.3, -0.25) is 4.79 Å². The number of aryl methyl sites for hydroxylation is 1. The molecule has 1 heterocycles. The molecule has 0 N–H and O–H groups in total. The van der Waals surface area contributed by atoms with E-state index in [1.54, 1.807) is 7.11 Å². The first-order valence-corrected chi connectivity index (χ1v) is 8.42. The average Bonchev–Trinajstić information content (AvgIpc) is 2.77. The molecule has 3 rings (SSSR count). The Morgan fingerprint density at radius 2 is 2.04 bits per heavy atom. The van der Waals surface area contributed by atoms with Crippen LogP contribution in [-0.4, -0.2) is 26.1 Å². The van der Waals surface area contributed by atoms with E-state index in [4.69, 9.17) is 14.2 Å². The minimum absolute atomic E-state index is 0.0185. The molecule has 0 amide bonds. The van der Waals surface area contributed by atoms with Gasteiger partial charge in [-0.15, -0.1) is 0 Å². The van der Waals surface area contributed by atoms with E-state index >= 15 is 0 Å². The average molecular weight is 338 g/mol. The molecule has 1 aliphatic heterocycles. The van der Waals surface area contributed by atoms with Crippen LogP contribution < -0.4 is 14.2 Å². The Balaban J connectivity index is 1.98. The van der Waals surface area contributed by atoms with E-state index in [-0.39, 0.29) is 5.78 Å². The van der Waals surface area contributed by atoms with E-state index in [0.29, 0.717) is 42.4 Å². The predicted molar refractivity (Wildman–Crippen MR) is 97.8 cm³/mol. The van der Waals surface area contributed by atoms with Crippen molar-refractivity contribution in [3.8, 4) is 17.2 Å². The van der Waals surface area contributed by atoms with Crippen molar-refractivity contribution < 1.29 is 19.0 Å². The highest BCUT2D eigenvalue weighted by Crippen LogP contribution is 2.32.